The lowest BCUT2D eigenvalue weighted by atomic mass is 10.0. The molecule has 0 spiro atoms. The Morgan fingerprint density at radius 2 is 1.65 bits per heavy atom. The minimum Gasteiger partial charge on any atom is -0.497 e. The Morgan fingerprint density at radius 1 is 1.00 bits per heavy atom. The van der Waals surface area contributed by atoms with E-state index in [2.05, 4.69) is 31.3 Å². The predicted molar refractivity (Wildman–Crippen MR) is 105 cm³/mol. The Morgan fingerprint density at radius 3 is 2.23 bits per heavy atom. The summed E-state index contributed by atoms with van der Waals surface area (Å²) in [5, 5.41) is 3.01. The van der Waals surface area contributed by atoms with Crippen LogP contribution in [0.3, 0.4) is 0 Å². The number of amides is 1. The molecule has 0 aliphatic heterocycles. The first-order valence-electron chi connectivity index (χ1n) is 9.03. The largest absolute Gasteiger partial charge is 0.497 e. The second-order valence-electron chi connectivity index (χ2n) is 6.96. The van der Waals surface area contributed by atoms with Gasteiger partial charge in [0.05, 0.1) is 13.2 Å². The Kier molecular flexibility index (Phi) is 6.67. The van der Waals surface area contributed by atoms with Crippen LogP contribution in [0.25, 0.3) is 0 Å². The van der Waals surface area contributed by atoms with Crippen LogP contribution < -0.4 is 14.8 Å². The number of carbonyl (C=O) groups excluding carboxylic acids is 1. The Bertz CT molecular complexity index is 738. The van der Waals surface area contributed by atoms with Crippen LogP contribution in [-0.2, 0) is 4.79 Å². The van der Waals surface area contributed by atoms with E-state index in [1.807, 2.05) is 44.2 Å². The van der Waals surface area contributed by atoms with Crippen molar-refractivity contribution in [3.63, 3.8) is 0 Å². The highest BCUT2D eigenvalue weighted by molar-refractivity contribution is 5.81. The Hall–Kier alpha value is -2.49. The maximum atomic E-state index is 12.6. The number of hydrogen-bond donors (Lipinski definition) is 1. The standard InChI is InChI=1S/C22H29NO3/c1-14(2)20-12-7-15(3)13-21(20)26-17(5)22(24)23-16(4)18-8-10-19(25-6)11-9-18/h7-14,16-17H,1-6H3,(H,23,24)/t16-,17-/m1/s1. The lowest BCUT2D eigenvalue weighted by Gasteiger charge is -2.21. The van der Waals surface area contributed by atoms with Gasteiger partial charge >= 0.3 is 0 Å². The number of nitrogens with one attached hydrogen (secondary N) is 1. The van der Waals surface area contributed by atoms with Gasteiger partial charge in [-0.25, -0.2) is 0 Å². The molecule has 140 valence electrons. The van der Waals surface area contributed by atoms with Gasteiger partial charge in [-0.05, 0) is 61.6 Å². The summed E-state index contributed by atoms with van der Waals surface area (Å²) in [4.78, 5) is 12.6. The molecule has 0 bridgehead atoms. The summed E-state index contributed by atoms with van der Waals surface area (Å²) in [6.45, 7) is 10.00. The molecule has 0 heterocycles. The molecule has 2 aromatic carbocycles. The van der Waals surface area contributed by atoms with Gasteiger partial charge in [0.15, 0.2) is 6.10 Å². The van der Waals surface area contributed by atoms with Crippen molar-refractivity contribution in [3.05, 3.63) is 59.2 Å². The first-order valence-corrected chi connectivity index (χ1v) is 9.03. The molecular formula is C22H29NO3. The molecule has 1 amide bonds. The highest BCUT2D eigenvalue weighted by Gasteiger charge is 2.19. The average Bonchev–Trinajstić information content (AvgIpc) is 2.61. The van der Waals surface area contributed by atoms with Crippen LogP contribution in [0.2, 0.25) is 0 Å². The van der Waals surface area contributed by atoms with Crippen molar-refractivity contribution in [2.45, 2.75) is 52.7 Å². The molecule has 0 unspecified atom stereocenters. The van der Waals surface area contributed by atoms with Crippen LogP contribution in [-0.4, -0.2) is 19.1 Å². The molecule has 4 heteroatoms. The van der Waals surface area contributed by atoms with E-state index < -0.39 is 6.10 Å². The van der Waals surface area contributed by atoms with E-state index in [-0.39, 0.29) is 11.9 Å². The number of methoxy groups -OCH3 is 1. The highest BCUT2D eigenvalue weighted by atomic mass is 16.5. The number of carbonyl (C=O) groups is 1. The van der Waals surface area contributed by atoms with E-state index in [1.54, 1.807) is 14.0 Å². The monoisotopic (exact) mass is 355 g/mol. The Balaban J connectivity index is 2.04. The van der Waals surface area contributed by atoms with Gasteiger partial charge in [0.2, 0.25) is 0 Å². The van der Waals surface area contributed by atoms with Crippen molar-refractivity contribution in [2.75, 3.05) is 7.11 Å². The maximum absolute atomic E-state index is 12.6. The maximum Gasteiger partial charge on any atom is 0.261 e. The molecule has 0 aliphatic carbocycles. The third-order valence-corrected chi connectivity index (χ3v) is 4.44. The van der Waals surface area contributed by atoms with E-state index in [0.717, 1.165) is 28.2 Å². The molecular weight excluding hydrogens is 326 g/mol. The van der Waals surface area contributed by atoms with Crippen molar-refractivity contribution < 1.29 is 14.3 Å². The summed E-state index contributed by atoms with van der Waals surface area (Å²) < 4.78 is 11.2. The van der Waals surface area contributed by atoms with Crippen LogP contribution in [0.4, 0.5) is 0 Å². The number of ether oxygens (including phenoxy) is 2. The minimum absolute atomic E-state index is 0.110. The number of benzene rings is 2. The minimum atomic E-state index is -0.574. The zero-order valence-corrected chi connectivity index (χ0v) is 16.5. The molecule has 0 saturated heterocycles. The SMILES string of the molecule is COc1ccc([C@@H](C)NC(=O)[C@@H](C)Oc2cc(C)ccc2C(C)C)cc1. The van der Waals surface area contributed by atoms with Crippen molar-refractivity contribution in [3.8, 4) is 11.5 Å². The first-order chi connectivity index (χ1) is 12.3. The van der Waals surface area contributed by atoms with Crippen molar-refractivity contribution in [2.24, 2.45) is 0 Å². The molecule has 0 radical (unpaired) electrons. The fourth-order valence-electron chi connectivity index (χ4n) is 2.77. The lowest BCUT2D eigenvalue weighted by molar-refractivity contribution is -0.127. The van der Waals surface area contributed by atoms with Crippen LogP contribution in [0.15, 0.2) is 42.5 Å². The van der Waals surface area contributed by atoms with Gasteiger partial charge in [0.25, 0.3) is 5.91 Å². The van der Waals surface area contributed by atoms with E-state index in [9.17, 15) is 4.79 Å². The van der Waals surface area contributed by atoms with E-state index in [1.165, 1.54) is 0 Å². The third kappa shape index (κ3) is 5.01. The highest BCUT2D eigenvalue weighted by Crippen LogP contribution is 2.28. The Labute approximate surface area is 156 Å². The normalized spacial score (nSPS) is 13.2. The summed E-state index contributed by atoms with van der Waals surface area (Å²) in [6, 6.07) is 13.7. The van der Waals surface area contributed by atoms with Crippen molar-refractivity contribution >= 4 is 5.91 Å². The summed E-state index contributed by atoms with van der Waals surface area (Å²) in [5.74, 6) is 1.77. The summed E-state index contributed by atoms with van der Waals surface area (Å²) in [6.07, 6.45) is -0.574. The van der Waals surface area contributed by atoms with Crippen LogP contribution in [0.1, 0.15) is 56.3 Å². The topological polar surface area (TPSA) is 47.6 Å². The molecule has 0 aromatic heterocycles. The fraction of sp³-hybridized carbons (Fsp3) is 0.409. The predicted octanol–water partition coefficient (Wildman–Crippen LogP) is 4.77. The lowest BCUT2D eigenvalue weighted by Crippen LogP contribution is -2.38. The molecule has 0 saturated carbocycles. The molecule has 0 fully saturated rings. The zero-order valence-electron chi connectivity index (χ0n) is 16.5. The molecule has 1 N–H and O–H groups in total. The molecule has 2 rings (SSSR count). The van der Waals surface area contributed by atoms with E-state index in [4.69, 9.17) is 9.47 Å². The van der Waals surface area contributed by atoms with E-state index >= 15 is 0 Å². The number of hydrogen-bond acceptors (Lipinski definition) is 3. The smallest absolute Gasteiger partial charge is 0.261 e. The van der Waals surface area contributed by atoms with Crippen LogP contribution in [0.5, 0.6) is 11.5 Å². The molecule has 4 nitrogen and oxygen atoms in total. The second kappa shape index (κ2) is 8.75. The van der Waals surface area contributed by atoms with Gasteiger partial charge in [-0.1, -0.05) is 38.1 Å². The van der Waals surface area contributed by atoms with Crippen molar-refractivity contribution in [1.82, 2.24) is 5.32 Å². The molecule has 0 aliphatic rings. The van der Waals surface area contributed by atoms with Crippen molar-refractivity contribution in [1.29, 1.82) is 0 Å². The van der Waals surface area contributed by atoms with Crippen LogP contribution in [0, 0.1) is 6.92 Å². The van der Waals surface area contributed by atoms with Gasteiger partial charge in [-0.3, -0.25) is 4.79 Å². The molecule has 2 atom stereocenters. The quantitative estimate of drug-likeness (QED) is 0.778. The molecule has 2 aromatic rings. The second-order valence-corrected chi connectivity index (χ2v) is 6.96. The van der Waals surface area contributed by atoms with Gasteiger partial charge in [0.1, 0.15) is 11.5 Å². The number of aryl methyl sites for hydroxylation is 1. The van der Waals surface area contributed by atoms with Gasteiger partial charge in [-0.2, -0.15) is 0 Å². The van der Waals surface area contributed by atoms with Gasteiger partial charge in [-0.15, -0.1) is 0 Å². The van der Waals surface area contributed by atoms with E-state index in [0.29, 0.717) is 5.92 Å². The third-order valence-electron chi connectivity index (χ3n) is 4.44. The van der Waals surface area contributed by atoms with Crippen LogP contribution >= 0.6 is 0 Å². The van der Waals surface area contributed by atoms with Gasteiger partial charge < -0.3 is 14.8 Å². The summed E-state index contributed by atoms with van der Waals surface area (Å²) >= 11 is 0. The molecule has 26 heavy (non-hydrogen) atoms. The zero-order chi connectivity index (χ0) is 19.3. The average molecular weight is 355 g/mol. The summed E-state index contributed by atoms with van der Waals surface area (Å²) in [7, 11) is 1.63. The first kappa shape index (κ1) is 19.8. The summed E-state index contributed by atoms with van der Waals surface area (Å²) in [5.41, 5.74) is 3.24. The van der Waals surface area contributed by atoms with Gasteiger partial charge in [0, 0.05) is 0 Å². The number of rotatable bonds is 7. The fourth-order valence-corrected chi connectivity index (χ4v) is 2.77.